The first kappa shape index (κ1) is 20.2. The summed E-state index contributed by atoms with van der Waals surface area (Å²) in [7, 11) is 0. The van der Waals surface area contributed by atoms with Crippen LogP contribution in [0.1, 0.15) is 18.9 Å². The molecule has 0 aliphatic carbocycles. The largest absolute Gasteiger partial charge is 0.485 e. The molecule has 4 rings (SSSR count). The van der Waals surface area contributed by atoms with E-state index in [1.54, 1.807) is 0 Å². The standard InChI is InChI=1S/C23H27N3O4/c1-17(27)24-19-9-7-18(8-10-19)15-25-11-4-12-26(14-13-25)23(28)22-16-29-20-5-2-3-6-21(20)30-22/h2-3,5-10,22H,4,11-16H2,1H3,(H,24,27). The molecular formula is C23H27N3O4. The van der Waals surface area contributed by atoms with Crippen LogP contribution in [0.15, 0.2) is 48.5 Å². The van der Waals surface area contributed by atoms with Crippen LogP contribution in [0.25, 0.3) is 0 Å². The zero-order chi connectivity index (χ0) is 20.9. The average Bonchev–Trinajstić information content (AvgIpc) is 2.99. The van der Waals surface area contributed by atoms with E-state index in [1.165, 1.54) is 12.5 Å². The monoisotopic (exact) mass is 409 g/mol. The Morgan fingerprint density at radius 1 is 1.00 bits per heavy atom. The summed E-state index contributed by atoms with van der Waals surface area (Å²) in [5.74, 6) is 1.23. The third-order valence-corrected chi connectivity index (χ3v) is 5.36. The van der Waals surface area contributed by atoms with Crippen LogP contribution in [0.4, 0.5) is 5.69 Å². The summed E-state index contributed by atoms with van der Waals surface area (Å²) >= 11 is 0. The van der Waals surface area contributed by atoms with Gasteiger partial charge in [-0.05, 0) is 36.2 Å². The summed E-state index contributed by atoms with van der Waals surface area (Å²) in [5, 5.41) is 2.78. The molecule has 0 saturated carbocycles. The minimum atomic E-state index is -0.590. The number of anilines is 1. The van der Waals surface area contributed by atoms with E-state index in [1.807, 2.05) is 53.4 Å². The summed E-state index contributed by atoms with van der Waals surface area (Å²) in [6, 6.07) is 15.3. The molecule has 158 valence electrons. The fourth-order valence-corrected chi connectivity index (χ4v) is 3.85. The fraction of sp³-hybridized carbons (Fsp3) is 0.391. The lowest BCUT2D eigenvalue weighted by Crippen LogP contribution is -2.47. The second-order valence-corrected chi connectivity index (χ2v) is 7.70. The van der Waals surface area contributed by atoms with Gasteiger partial charge in [-0.1, -0.05) is 24.3 Å². The van der Waals surface area contributed by atoms with Crippen molar-refractivity contribution in [3.8, 4) is 11.5 Å². The van der Waals surface area contributed by atoms with Gasteiger partial charge in [-0.2, -0.15) is 0 Å². The van der Waals surface area contributed by atoms with Gasteiger partial charge in [0.25, 0.3) is 5.91 Å². The average molecular weight is 409 g/mol. The number of amides is 2. The molecule has 2 heterocycles. The van der Waals surface area contributed by atoms with E-state index in [4.69, 9.17) is 9.47 Å². The molecule has 1 fully saturated rings. The quantitative estimate of drug-likeness (QED) is 0.840. The number of benzene rings is 2. The molecule has 1 N–H and O–H groups in total. The zero-order valence-corrected chi connectivity index (χ0v) is 17.2. The van der Waals surface area contributed by atoms with Crippen molar-refractivity contribution < 1.29 is 19.1 Å². The van der Waals surface area contributed by atoms with Crippen molar-refractivity contribution in [3.05, 3.63) is 54.1 Å². The highest BCUT2D eigenvalue weighted by Crippen LogP contribution is 2.31. The summed E-state index contributed by atoms with van der Waals surface area (Å²) in [4.78, 5) is 28.4. The molecule has 0 bridgehead atoms. The van der Waals surface area contributed by atoms with Crippen LogP contribution in [-0.2, 0) is 16.1 Å². The number of nitrogens with zero attached hydrogens (tertiary/aromatic N) is 2. The maximum absolute atomic E-state index is 13.0. The maximum Gasteiger partial charge on any atom is 0.267 e. The molecule has 7 nitrogen and oxygen atoms in total. The van der Waals surface area contributed by atoms with Crippen molar-refractivity contribution in [3.63, 3.8) is 0 Å². The Morgan fingerprint density at radius 2 is 1.77 bits per heavy atom. The normalized spacial score (nSPS) is 19.1. The lowest BCUT2D eigenvalue weighted by atomic mass is 10.2. The Morgan fingerprint density at radius 3 is 2.53 bits per heavy atom. The SMILES string of the molecule is CC(=O)Nc1ccc(CN2CCCN(C(=O)C3COc4ccccc4O3)CC2)cc1. The first-order valence-electron chi connectivity index (χ1n) is 10.3. The zero-order valence-electron chi connectivity index (χ0n) is 17.2. The third kappa shape index (κ3) is 4.91. The summed E-state index contributed by atoms with van der Waals surface area (Å²) in [6.07, 6.45) is 0.327. The summed E-state index contributed by atoms with van der Waals surface area (Å²) < 4.78 is 11.6. The first-order chi connectivity index (χ1) is 14.6. The minimum Gasteiger partial charge on any atom is -0.485 e. The molecule has 1 unspecified atom stereocenters. The number of hydrogen-bond donors (Lipinski definition) is 1. The number of fused-ring (bicyclic) bond motifs is 1. The van der Waals surface area contributed by atoms with Crippen molar-refractivity contribution >= 4 is 17.5 Å². The van der Waals surface area contributed by atoms with E-state index in [-0.39, 0.29) is 18.4 Å². The van der Waals surface area contributed by atoms with Crippen molar-refractivity contribution in [2.45, 2.75) is 26.0 Å². The van der Waals surface area contributed by atoms with Gasteiger partial charge < -0.3 is 19.7 Å². The second kappa shape index (κ2) is 9.17. The molecule has 2 aromatic rings. The Labute approximate surface area is 176 Å². The van der Waals surface area contributed by atoms with Gasteiger partial charge in [0.1, 0.15) is 6.61 Å². The molecule has 2 aromatic carbocycles. The van der Waals surface area contributed by atoms with Gasteiger partial charge in [0.05, 0.1) is 0 Å². The van der Waals surface area contributed by atoms with Gasteiger partial charge >= 0.3 is 0 Å². The number of carbonyl (C=O) groups excluding carboxylic acids is 2. The topological polar surface area (TPSA) is 71.1 Å². The number of rotatable bonds is 4. The number of para-hydroxylation sites is 2. The Kier molecular flexibility index (Phi) is 6.18. The maximum atomic E-state index is 13.0. The van der Waals surface area contributed by atoms with Crippen molar-refractivity contribution in [1.29, 1.82) is 0 Å². The predicted octanol–water partition coefficient (Wildman–Crippen LogP) is 2.52. The molecule has 0 radical (unpaired) electrons. The Bertz CT molecular complexity index is 900. The molecule has 0 spiro atoms. The number of nitrogens with one attached hydrogen (secondary N) is 1. The van der Waals surface area contributed by atoms with Crippen molar-refractivity contribution in [2.24, 2.45) is 0 Å². The predicted molar refractivity (Wildman–Crippen MR) is 114 cm³/mol. The first-order valence-corrected chi connectivity index (χ1v) is 10.3. The van der Waals surface area contributed by atoms with Gasteiger partial charge in [-0.15, -0.1) is 0 Å². The van der Waals surface area contributed by atoms with Crippen molar-refractivity contribution in [2.75, 3.05) is 38.1 Å². The van der Waals surface area contributed by atoms with Gasteiger partial charge in [0.2, 0.25) is 12.0 Å². The molecule has 2 amide bonds. The second-order valence-electron chi connectivity index (χ2n) is 7.70. The fourth-order valence-electron chi connectivity index (χ4n) is 3.85. The lowest BCUT2D eigenvalue weighted by Gasteiger charge is -2.30. The van der Waals surface area contributed by atoms with Crippen LogP contribution in [0, 0.1) is 0 Å². The Hall–Kier alpha value is -3.06. The highest BCUT2D eigenvalue weighted by Gasteiger charge is 2.31. The molecule has 30 heavy (non-hydrogen) atoms. The number of carbonyl (C=O) groups is 2. The molecule has 2 aliphatic heterocycles. The molecular weight excluding hydrogens is 382 g/mol. The van der Waals surface area contributed by atoms with Gasteiger partial charge in [0.15, 0.2) is 11.5 Å². The Balaban J connectivity index is 1.30. The van der Waals surface area contributed by atoms with Crippen LogP contribution in [0.2, 0.25) is 0 Å². The van der Waals surface area contributed by atoms with Crippen molar-refractivity contribution in [1.82, 2.24) is 9.80 Å². The highest BCUT2D eigenvalue weighted by molar-refractivity contribution is 5.88. The van der Waals surface area contributed by atoms with Gasteiger partial charge in [-0.3, -0.25) is 14.5 Å². The van der Waals surface area contributed by atoms with E-state index in [2.05, 4.69) is 10.2 Å². The van der Waals surface area contributed by atoms with Gasteiger partial charge in [-0.25, -0.2) is 0 Å². The molecule has 1 atom stereocenters. The molecule has 0 aromatic heterocycles. The number of ether oxygens (including phenoxy) is 2. The number of hydrogen-bond acceptors (Lipinski definition) is 5. The summed E-state index contributed by atoms with van der Waals surface area (Å²) in [6.45, 7) is 5.70. The van der Waals surface area contributed by atoms with Crippen LogP contribution in [0.3, 0.4) is 0 Å². The third-order valence-electron chi connectivity index (χ3n) is 5.36. The minimum absolute atomic E-state index is 0.00832. The molecule has 2 aliphatic rings. The van der Waals surface area contributed by atoms with Crippen LogP contribution in [-0.4, -0.2) is 60.5 Å². The van der Waals surface area contributed by atoms with Crippen LogP contribution >= 0.6 is 0 Å². The lowest BCUT2D eigenvalue weighted by molar-refractivity contribution is -0.141. The highest BCUT2D eigenvalue weighted by atomic mass is 16.6. The molecule has 7 heteroatoms. The van der Waals surface area contributed by atoms with E-state index < -0.39 is 6.10 Å². The summed E-state index contributed by atoms with van der Waals surface area (Å²) in [5.41, 5.74) is 1.99. The smallest absolute Gasteiger partial charge is 0.267 e. The van der Waals surface area contributed by atoms with Crippen LogP contribution in [0.5, 0.6) is 11.5 Å². The van der Waals surface area contributed by atoms with Gasteiger partial charge in [0, 0.05) is 45.3 Å². The molecule has 1 saturated heterocycles. The van der Waals surface area contributed by atoms with E-state index in [0.717, 1.165) is 38.3 Å². The van der Waals surface area contributed by atoms with E-state index in [0.29, 0.717) is 18.0 Å². The van der Waals surface area contributed by atoms with E-state index >= 15 is 0 Å². The van der Waals surface area contributed by atoms with E-state index in [9.17, 15) is 9.59 Å². The van der Waals surface area contributed by atoms with Crippen LogP contribution < -0.4 is 14.8 Å².